The van der Waals surface area contributed by atoms with E-state index in [1.54, 1.807) is 0 Å². The molecule has 6 heteroatoms. The lowest BCUT2D eigenvalue weighted by molar-refractivity contribution is -0.203. The third-order valence-electron chi connectivity index (χ3n) is 4.36. The van der Waals surface area contributed by atoms with Gasteiger partial charge in [-0.15, -0.1) is 0 Å². The molecule has 104 valence electrons. The smallest absolute Gasteiger partial charge is 0.169 e. The molecule has 1 aliphatic heterocycles. The van der Waals surface area contributed by atoms with Gasteiger partial charge in [0.05, 0.1) is 0 Å². The SMILES string of the molecule is O[C@H]1[C@H](O)[C@@H](O)[C@@H]2OC3(CCCCC3)O[C@@H]2[C@@H]1O. The Labute approximate surface area is 105 Å². The van der Waals surface area contributed by atoms with Crippen molar-refractivity contribution in [3.63, 3.8) is 0 Å². The van der Waals surface area contributed by atoms with Crippen LogP contribution in [-0.2, 0) is 9.47 Å². The predicted molar refractivity (Wildman–Crippen MR) is 59.6 cm³/mol. The Hall–Kier alpha value is -0.240. The molecule has 0 unspecified atom stereocenters. The van der Waals surface area contributed by atoms with Crippen LogP contribution in [0.15, 0.2) is 0 Å². The summed E-state index contributed by atoms with van der Waals surface area (Å²) in [7, 11) is 0. The van der Waals surface area contributed by atoms with Crippen molar-refractivity contribution in [3.05, 3.63) is 0 Å². The molecule has 6 nitrogen and oxygen atoms in total. The second kappa shape index (κ2) is 4.40. The molecule has 2 aliphatic carbocycles. The van der Waals surface area contributed by atoms with Crippen LogP contribution in [-0.4, -0.2) is 62.8 Å². The van der Waals surface area contributed by atoms with Crippen LogP contribution in [0.5, 0.6) is 0 Å². The monoisotopic (exact) mass is 260 g/mol. The highest BCUT2D eigenvalue weighted by molar-refractivity contribution is 5.04. The Bertz CT molecular complexity index is 292. The molecule has 0 radical (unpaired) electrons. The molecule has 1 spiro atoms. The fraction of sp³-hybridized carbons (Fsp3) is 1.00. The molecule has 0 amide bonds. The molecule has 0 aromatic heterocycles. The first-order valence-electron chi connectivity index (χ1n) is 6.62. The highest BCUT2D eigenvalue weighted by atomic mass is 16.8. The Balaban J connectivity index is 1.82. The first-order valence-corrected chi connectivity index (χ1v) is 6.62. The van der Waals surface area contributed by atoms with Crippen molar-refractivity contribution in [2.24, 2.45) is 0 Å². The lowest BCUT2D eigenvalue weighted by Crippen LogP contribution is -2.62. The summed E-state index contributed by atoms with van der Waals surface area (Å²) in [6, 6.07) is 0. The molecule has 2 saturated carbocycles. The fourth-order valence-electron chi connectivity index (χ4n) is 3.30. The van der Waals surface area contributed by atoms with Crippen LogP contribution in [0.4, 0.5) is 0 Å². The molecule has 3 aliphatic rings. The molecule has 1 saturated heterocycles. The van der Waals surface area contributed by atoms with Gasteiger partial charge in [0.25, 0.3) is 0 Å². The van der Waals surface area contributed by atoms with Gasteiger partial charge >= 0.3 is 0 Å². The van der Waals surface area contributed by atoms with E-state index in [2.05, 4.69) is 0 Å². The highest BCUT2D eigenvalue weighted by Crippen LogP contribution is 2.44. The van der Waals surface area contributed by atoms with Crippen molar-refractivity contribution in [2.75, 3.05) is 0 Å². The van der Waals surface area contributed by atoms with E-state index in [-0.39, 0.29) is 0 Å². The molecule has 3 rings (SSSR count). The van der Waals surface area contributed by atoms with E-state index >= 15 is 0 Å². The summed E-state index contributed by atoms with van der Waals surface area (Å²) in [5, 5.41) is 39.2. The van der Waals surface area contributed by atoms with Gasteiger partial charge in [-0.2, -0.15) is 0 Å². The first kappa shape index (κ1) is 12.8. The quantitative estimate of drug-likeness (QED) is 0.441. The lowest BCUT2D eigenvalue weighted by Gasteiger charge is -2.38. The van der Waals surface area contributed by atoms with E-state index in [0.717, 1.165) is 32.1 Å². The zero-order valence-corrected chi connectivity index (χ0v) is 10.1. The molecule has 0 bridgehead atoms. The van der Waals surface area contributed by atoms with Gasteiger partial charge in [-0.05, 0) is 12.8 Å². The predicted octanol–water partition coefficient (Wildman–Crippen LogP) is -1.11. The van der Waals surface area contributed by atoms with Gasteiger partial charge in [0.15, 0.2) is 5.79 Å². The molecule has 6 atom stereocenters. The Morgan fingerprint density at radius 1 is 0.667 bits per heavy atom. The zero-order valence-electron chi connectivity index (χ0n) is 10.1. The molecule has 18 heavy (non-hydrogen) atoms. The average molecular weight is 260 g/mol. The number of aliphatic hydroxyl groups is 4. The minimum absolute atomic E-state index is 0.728. The van der Waals surface area contributed by atoms with Crippen LogP contribution in [0.1, 0.15) is 32.1 Å². The van der Waals surface area contributed by atoms with Crippen molar-refractivity contribution in [2.45, 2.75) is 74.5 Å². The molecule has 0 aromatic rings. The summed E-state index contributed by atoms with van der Waals surface area (Å²) in [5.74, 6) is -0.751. The second-order valence-corrected chi connectivity index (χ2v) is 5.60. The number of hydrogen-bond acceptors (Lipinski definition) is 6. The van der Waals surface area contributed by atoms with E-state index in [4.69, 9.17) is 9.47 Å². The Morgan fingerprint density at radius 3 is 1.56 bits per heavy atom. The van der Waals surface area contributed by atoms with E-state index in [9.17, 15) is 20.4 Å². The summed E-state index contributed by atoms with van der Waals surface area (Å²) in [4.78, 5) is 0. The summed E-state index contributed by atoms with van der Waals surface area (Å²) >= 11 is 0. The molecule has 1 heterocycles. The van der Waals surface area contributed by atoms with Gasteiger partial charge in [0, 0.05) is 12.8 Å². The van der Waals surface area contributed by atoms with Crippen LogP contribution in [0.2, 0.25) is 0 Å². The van der Waals surface area contributed by atoms with Crippen molar-refractivity contribution < 1.29 is 29.9 Å². The molecular weight excluding hydrogens is 240 g/mol. The summed E-state index contributed by atoms with van der Waals surface area (Å²) in [6.45, 7) is 0. The third-order valence-corrected chi connectivity index (χ3v) is 4.36. The standard InChI is InChI=1S/C12H20O6/c13-6-7(14)9(16)11-10(8(6)15)17-12(18-11)4-2-1-3-5-12/h6-11,13-16H,1-5H2/t6-,7-,8+,9+,10-,11+/m0/s1. The van der Waals surface area contributed by atoms with Crippen LogP contribution < -0.4 is 0 Å². The first-order chi connectivity index (χ1) is 8.54. The maximum absolute atomic E-state index is 9.92. The van der Waals surface area contributed by atoms with Gasteiger partial charge < -0.3 is 29.9 Å². The number of fused-ring (bicyclic) bond motifs is 1. The highest BCUT2D eigenvalue weighted by Gasteiger charge is 2.59. The van der Waals surface area contributed by atoms with Gasteiger partial charge in [-0.3, -0.25) is 0 Å². The topological polar surface area (TPSA) is 99.4 Å². The van der Waals surface area contributed by atoms with E-state index in [1.807, 2.05) is 0 Å². The number of ether oxygens (including phenoxy) is 2. The van der Waals surface area contributed by atoms with Crippen LogP contribution in [0.25, 0.3) is 0 Å². The third kappa shape index (κ3) is 1.79. The van der Waals surface area contributed by atoms with Crippen LogP contribution in [0.3, 0.4) is 0 Å². The van der Waals surface area contributed by atoms with E-state index in [0.29, 0.717) is 0 Å². The molecular formula is C12H20O6. The Morgan fingerprint density at radius 2 is 1.11 bits per heavy atom. The molecule has 3 fully saturated rings. The maximum Gasteiger partial charge on any atom is 0.169 e. The maximum atomic E-state index is 9.92. The van der Waals surface area contributed by atoms with E-state index in [1.165, 1.54) is 0 Å². The lowest BCUT2D eigenvalue weighted by atomic mass is 9.85. The molecule has 4 N–H and O–H groups in total. The fourth-order valence-corrected chi connectivity index (χ4v) is 3.30. The largest absolute Gasteiger partial charge is 0.387 e. The zero-order chi connectivity index (χ0) is 12.9. The van der Waals surface area contributed by atoms with Crippen molar-refractivity contribution in [3.8, 4) is 0 Å². The van der Waals surface area contributed by atoms with Crippen molar-refractivity contribution >= 4 is 0 Å². The second-order valence-electron chi connectivity index (χ2n) is 5.60. The van der Waals surface area contributed by atoms with Crippen molar-refractivity contribution in [1.29, 1.82) is 0 Å². The van der Waals surface area contributed by atoms with Gasteiger partial charge in [-0.25, -0.2) is 0 Å². The van der Waals surface area contributed by atoms with Gasteiger partial charge in [-0.1, -0.05) is 6.42 Å². The van der Waals surface area contributed by atoms with Gasteiger partial charge in [0.1, 0.15) is 36.6 Å². The summed E-state index contributed by atoms with van der Waals surface area (Å²) < 4.78 is 11.6. The average Bonchev–Trinajstić information content (AvgIpc) is 2.74. The number of hydrogen-bond donors (Lipinski definition) is 4. The normalized spacial score (nSPS) is 51.3. The Kier molecular flexibility index (Phi) is 3.12. The summed E-state index contributed by atoms with van der Waals surface area (Å²) in [5.41, 5.74) is 0. The number of rotatable bonds is 0. The minimum atomic E-state index is -1.40. The van der Waals surface area contributed by atoms with Crippen LogP contribution in [0, 0.1) is 0 Å². The van der Waals surface area contributed by atoms with E-state index < -0.39 is 42.4 Å². The van der Waals surface area contributed by atoms with Crippen LogP contribution >= 0.6 is 0 Å². The minimum Gasteiger partial charge on any atom is -0.387 e. The van der Waals surface area contributed by atoms with Gasteiger partial charge in [0.2, 0.25) is 0 Å². The molecule has 0 aromatic carbocycles. The van der Waals surface area contributed by atoms with Crippen molar-refractivity contribution in [1.82, 2.24) is 0 Å². The number of aliphatic hydroxyl groups excluding tert-OH is 4. The summed E-state index contributed by atoms with van der Waals surface area (Å²) in [6.07, 6.45) is -2.24.